The summed E-state index contributed by atoms with van der Waals surface area (Å²) in [6.45, 7) is 5.96. The maximum Gasteiger partial charge on any atom is 1.00 e. The SMILES string of the molecule is CC/C(=C/C=C/C1C=CC2CCCC2C1C(=O)c1ccc[nH]1)C1OC(C(C)C(=O)[O-])CCC1C.[Na+]. The molecule has 0 amide bonds. The second-order valence-electron chi connectivity index (χ2n) is 10.4. The van der Waals surface area contributed by atoms with E-state index in [2.05, 4.69) is 49.2 Å². The molecule has 1 saturated heterocycles. The van der Waals surface area contributed by atoms with Crippen LogP contribution in [-0.4, -0.2) is 28.9 Å². The number of aromatic nitrogens is 1. The number of aromatic amines is 1. The van der Waals surface area contributed by atoms with E-state index in [0.717, 1.165) is 25.7 Å². The normalized spacial score (nSPS) is 33.8. The van der Waals surface area contributed by atoms with E-state index in [1.54, 1.807) is 6.92 Å². The molecule has 8 unspecified atom stereocenters. The fourth-order valence-electron chi connectivity index (χ4n) is 6.26. The number of hydrogen-bond donors (Lipinski definition) is 1. The van der Waals surface area contributed by atoms with Crippen LogP contribution in [0.4, 0.5) is 0 Å². The zero-order valence-corrected chi connectivity index (χ0v) is 23.6. The van der Waals surface area contributed by atoms with Gasteiger partial charge in [-0.05, 0) is 67.6 Å². The fourth-order valence-corrected chi connectivity index (χ4v) is 6.26. The number of nitrogens with one attached hydrogen (secondary N) is 1. The van der Waals surface area contributed by atoms with E-state index in [4.69, 9.17) is 4.74 Å². The first-order valence-electron chi connectivity index (χ1n) is 13.0. The Labute approximate surface area is 231 Å². The van der Waals surface area contributed by atoms with Crippen LogP contribution in [-0.2, 0) is 9.53 Å². The molecule has 1 aromatic rings. The number of carbonyl (C=O) groups excluding carboxylic acids is 2. The van der Waals surface area contributed by atoms with Crippen molar-refractivity contribution in [2.45, 2.75) is 71.5 Å². The van der Waals surface area contributed by atoms with E-state index in [9.17, 15) is 14.7 Å². The molecule has 8 atom stereocenters. The zero-order valence-electron chi connectivity index (χ0n) is 21.6. The third-order valence-electron chi connectivity index (χ3n) is 8.34. The molecule has 1 aliphatic heterocycles. The summed E-state index contributed by atoms with van der Waals surface area (Å²) in [5.41, 5.74) is 1.87. The first-order chi connectivity index (χ1) is 16.4. The van der Waals surface area contributed by atoms with E-state index in [1.807, 2.05) is 18.3 Å². The van der Waals surface area contributed by atoms with Crippen LogP contribution < -0.4 is 34.7 Å². The molecule has 4 rings (SSSR count). The smallest absolute Gasteiger partial charge is 0.550 e. The van der Waals surface area contributed by atoms with Crippen LogP contribution >= 0.6 is 0 Å². The molecule has 2 fully saturated rings. The number of ketones is 1. The summed E-state index contributed by atoms with van der Waals surface area (Å²) in [4.78, 5) is 27.9. The van der Waals surface area contributed by atoms with Crippen molar-refractivity contribution in [1.29, 1.82) is 0 Å². The Hall–Kier alpha value is -1.40. The van der Waals surface area contributed by atoms with E-state index >= 15 is 0 Å². The zero-order chi connectivity index (χ0) is 24.2. The van der Waals surface area contributed by atoms with Crippen molar-refractivity contribution in [3.05, 3.63) is 60.0 Å². The Morgan fingerprint density at radius 3 is 2.71 bits per heavy atom. The molecule has 1 saturated carbocycles. The minimum Gasteiger partial charge on any atom is -0.550 e. The standard InChI is InChI=1S/C29H39NO4.Na/c1-4-20(28-18(2)13-16-25(34-28)19(3)29(32)33)8-5-10-22-15-14-21-9-6-11-23(21)26(22)27(31)24-12-7-17-30-24;/h5,7-8,10,12,14-15,17-19,21-23,25-26,28,30H,4,6,9,11,13,16H2,1-3H3,(H,32,33);/q;+1/p-1/b10-5+,20-8-;. The molecule has 2 aliphatic carbocycles. The Morgan fingerprint density at radius 1 is 1.23 bits per heavy atom. The van der Waals surface area contributed by atoms with Gasteiger partial charge in [0.25, 0.3) is 0 Å². The van der Waals surface area contributed by atoms with Crippen LogP contribution in [0.25, 0.3) is 0 Å². The number of Topliss-reactive ketones (excluding diaryl/α,β-unsaturated/α-hetero) is 1. The van der Waals surface area contributed by atoms with E-state index in [0.29, 0.717) is 23.4 Å². The summed E-state index contributed by atoms with van der Waals surface area (Å²) in [7, 11) is 0. The minimum atomic E-state index is -1.05. The van der Waals surface area contributed by atoms with Crippen LogP contribution in [0.3, 0.4) is 0 Å². The number of hydrogen-bond acceptors (Lipinski definition) is 4. The molecule has 184 valence electrons. The molecule has 0 radical (unpaired) electrons. The van der Waals surface area contributed by atoms with Crippen LogP contribution in [0.5, 0.6) is 0 Å². The van der Waals surface area contributed by atoms with Crippen molar-refractivity contribution in [1.82, 2.24) is 4.98 Å². The number of ether oxygens (including phenoxy) is 1. The Morgan fingerprint density at radius 2 is 2.03 bits per heavy atom. The van der Waals surface area contributed by atoms with Gasteiger partial charge in [-0.3, -0.25) is 4.79 Å². The average Bonchev–Trinajstić information content (AvgIpc) is 3.53. The minimum absolute atomic E-state index is 0. The van der Waals surface area contributed by atoms with Crippen LogP contribution in [0.2, 0.25) is 0 Å². The van der Waals surface area contributed by atoms with Crippen molar-refractivity contribution in [2.75, 3.05) is 0 Å². The monoisotopic (exact) mass is 487 g/mol. The maximum absolute atomic E-state index is 13.4. The largest absolute Gasteiger partial charge is 1.00 e. The number of allylic oxidation sites excluding steroid dienone is 5. The molecular formula is C29H38NNaO4. The maximum atomic E-state index is 13.4. The predicted molar refractivity (Wildman–Crippen MR) is 131 cm³/mol. The molecule has 35 heavy (non-hydrogen) atoms. The molecule has 3 aliphatic rings. The van der Waals surface area contributed by atoms with Gasteiger partial charge >= 0.3 is 29.6 Å². The topological polar surface area (TPSA) is 82.2 Å². The van der Waals surface area contributed by atoms with E-state index in [1.165, 1.54) is 18.4 Å². The summed E-state index contributed by atoms with van der Waals surface area (Å²) in [6.07, 6.45) is 18.3. The van der Waals surface area contributed by atoms with Crippen LogP contribution in [0.15, 0.2) is 54.3 Å². The van der Waals surface area contributed by atoms with Crippen molar-refractivity contribution in [3.8, 4) is 0 Å². The van der Waals surface area contributed by atoms with Gasteiger partial charge in [0.1, 0.15) is 0 Å². The van der Waals surface area contributed by atoms with Gasteiger partial charge in [-0.2, -0.15) is 0 Å². The van der Waals surface area contributed by atoms with E-state index < -0.39 is 11.9 Å². The molecule has 6 heteroatoms. The van der Waals surface area contributed by atoms with Gasteiger partial charge in [-0.25, -0.2) is 0 Å². The van der Waals surface area contributed by atoms with Crippen LogP contribution in [0, 0.1) is 35.5 Å². The molecule has 2 heterocycles. The fraction of sp³-hybridized carbons (Fsp3) is 0.586. The summed E-state index contributed by atoms with van der Waals surface area (Å²) in [5, 5.41) is 11.4. The third kappa shape index (κ3) is 6.30. The second-order valence-corrected chi connectivity index (χ2v) is 10.4. The number of rotatable bonds is 8. The molecule has 1 N–H and O–H groups in total. The quantitative estimate of drug-likeness (QED) is 0.263. The number of carboxylic acid groups (broad SMARTS) is 1. The molecule has 0 bridgehead atoms. The number of carbonyl (C=O) groups is 2. The number of aliphatic carboxylic acids is 1. The Bertz CT molecular complexity index is 950. The van der Waals surface area contributed by atoms with Gasteiger partial charge in [0, 0.05) is 29.9 Å². The Balaban J connectivity index is 0.00000342. The van der Waals surface area contributed by atoms with Gasteiger partial charge in [0.15, 0.2) is 5.78 Å². The third-order valence-corrected chi connectivity index (χ3v) is 8.34. The first-order valence-corrected chi connectivity index (χ1v) is 13.0. The molecule has 0 aromatic carbocycles. The van der Waals surface area contributed by atoms with Crippen LogP contribution in [0.1, 0.15) is 69.8 Å². The summed E-state index contributed by atoms with van der Waals surface area (Å²) >= 11 is 0. The van der Waals surface area contributed by atoms with Crippen molar-refractivity contribution < 1.29 is 49.0 Å². The van der Waals surface area contributed by atoms with Crippen molar-refractivity contribution in [2.24, 2.45) is 35.5 Å². The number of H-pyrrole nitrogens is 1. The molecule has 5 nitrogen and oxygen atoms in total. The second kappa shape index (κ2) is 12.7. The molecular weight excluding hydrogens is 449 g/mol. The predicted octanol–water partition coefficient (Wildman–Crippen LogP) is 1.88. The van der Waals surface area contributed by atoms with Gasteiger partial charge in [0.05, 0.1) is 17.9 Å². The van der Waals surface area contributed by atoms with Gasteiger partial charge in [-0.1, -0.05) is 57.6 Å². The summed E-state index contributed by atoms with van der Waals surface area (Å²) in [6, 6.07) is 3.77. The summed E-state index contributed by atoms with van der Waals surface area (Å²) in [5.74, 6) is -0.176. The van der Waals surface area contributed by atoms with Gasteiger partial charge in [-0.15, -0.1) is 0 Å². The van der Waals surface area contributed by atoms with Crippen molar-refractivity contribution >= 4 is 11.8 Å². The van der Waals surface area contributed by atoms with Gasteiger partial charge < -0.3 is 19.6 Å². The van der Waals surface area contributed by atoms with E-state index in [-0.39, 0.29) is 59.4 Å². The molecule has 0 spiro atoms. The molecule has 1 aromatic heterocycles. The average molecular weight is 488 g/mol. The summed E-state index contributed by atoms with van der Waals surface area (Å²) < 4.78 is 6.29. The Kier molecular flexibility index (Phi) is 10.2. The van der Waals surface area contributed by atoms with Crippen molar-refractivity contribution in [3.63, 3.8) is 0 Å². The number of fused-ring (bicyclic) bond motifs is 1. The number of carboxylic acids is 1. The first kappa shape index (κ1) is 28.2. The van der Waals surface area contributed by atoms with Gasteiger partial charge in [0.2, 0.25) is 0 Å².